The number of nitrogens with zero attached hydrogens (tertiary/aromatic N) is 1. The lowest BCUT2D eigenvalue weighted by molar-refractivity contribution is 0.720. The predicted molar refractivity (Wildman–Crippen MR) is 146 cm³/mol. The zero-order chi connectivity index (χ0) is 24.4. The molecule has 0 fully saturated rings. The van der Waals surface area contributed by atoms with Crippen molar-refractivity contribution in [2.24, 2.45) is 4.99 Å². The standard InChI is InChI=1S/C31H40N2/c1-18(2)32-31(33-19(3)4)30-26(28-22(7)14-20(5)15-23(28)8)12-11-13-27(30)29-24(9)16-21(6)17-25(29)10/h11-19H,1-10H3,(H,32,33). The zero-order valence-electron chi connectivity index (χ0n) is 22.1. The van der Waals surface area contributed by atoms with Crippen molar-refractivity contribution in [2.45, 2.75) is 81.3 Å². The fourth-order valence-electron chi connectivity index (χ4n) is 5.14. The molecule has 2 heteroatoms. The highest BCUT2D eigenvalue weighted by Crippen LogP contribution is 2.39. The Hall–Kier alpha value is -2.87. The number of nitrogens with one attached hydrogen (secondary N) is 1. The second kappa shape index (κ2) is 9.95. The normalized spacial score (nSPS) is 12.1. The molecule has 0 saturated heterocycles. The zero-order valence-corrected chi connectivity index (χ0v) is 22.1. The Bertz CT molecular complexity index is 1070. The summed E-state index contributed by atoms with van der Waals surface area (Å²) in [5.41, 5.74) is 14.1. The summed E-state index contributed by atoms with van der Waals surface area (Å²) in [6.07, 6.45) is 0. The smallest absolute Gasteiger partial charge is 0.129 e. The quantitative estimate of drug-likeness (QED) is 0.315. The van der Waals surface area contributed by atoms with Gasteiger partial charge in [-0.15, -0.1) is 0 Å². The summed E-state index contributed by atoms with van der Waals surface area (Å²) in [4.78, 5) is 5.12. The molecule has 3 rings (SSSR count). The first-order valence-corrected chi connectivity index (χ1v) is 12.1. The highest BCUT2D eigenvalue weighted by atomic mass is 15.0. The summed E-state index contributed by atoms with van der Waals surface area (Å²) in [5.74, 6) is 0.976. The van der Waals surface area contributed by atoms with E-state index in [0.717, 1.165) is 5.84 Å². The molecule has 174 valence electrons. The van der Waals surface area contributed by atoms with Gasteiger partial charge < -0.3 is 5.32 Å². The van der Waals surface area contributed by atoms with Crippen LogP contribution in [0.1, 0.15) is 66.6 Å². The van der Waals surface area contributed by atoms with E-state index in [9.17, 15) is 0 Å². The van der Waals surface area contributed by atoms with Crippen LogP contribution in [0.2, 0.25) is 0 Å². The van der Waals surface area contributed by atoms with Gasteiger partial charge in [-0.25, -0.2) is 0 Å². The molecule has 0 radical (unpaired) electrons. The summed E-state index contributed by atoms with van der Waals surface area (Å²) in [6.45, 7) is 21.9. The van der Waals surface area contributed by atoms with Crippen molar-refractivity contribution in [1.29, 1.82) is 0 Å². The predicted octanol–water partition coefficient (Wildman–Crippen LogP) is 8.02. The van der Waals surface area contributed by atoms with Gasteiger partial charge in [0.2, 0.25) is 0 Å². The van der Waals surface area contributed by atoms with Gasteiger partial charge in [0.1, 0.15) is 5.84 Å². The minimum absolute atomic E-state index is 0.188. The van der Waals surface area contributed by atoms with Crippen molar-refractivity contribution in [3.63, 3.8) is 0 Å². The summed E-state index contributed by atoms with van der Waals surface area (Å²) in [5, 5.41) is 3.70. The molecular weight excluding hydrogens is 400 g/mol. The first kappa shape index (κ1) is 24.8. The summed E-state index contributed by atoms with van der Waals surface area (Å²) in [6, 6.07) is 16.4. The van der Waals surface area contributed by atoms with Crippen LogP contribution in [0.3, 0.4) is 0 Å². The molecule has 1 N–H and O–H groups in total. The first-order valence-electron chi connectivity index (χ1n) is 12.1. The SMILES string of the molecule is Cc1cc(C)c(-c2cccc(-c3c(C)cc(C)cc3C)c2C(=NC(C)C)NC(C)C)c(C)c1. The van der Waals surface area contributed by atoms with E-state index in [0.29, 0.717) is 0 Å². The molecule has 0 aliphatic heterocycles. The Kier molecular flexibility index (Phi) is 7.47. The van der Waals surface area contributed by atoms with E-state index < -0.39 is 0 Å². The van der Waals surface area contributed by atoms with Crippen LogP contribution in [0, 0.1) is 41.5 Å². The van der Waals surface area contributed by atoms with Gasteiger partial charge in [0.25, 0.3) is 0 Å². The second-order valence-electron chi connectivity index (χ2n) is 10.1. The first-order chi connectivity index (χ1) is 15.5. The van der Waals surface area contributed by atoms with Crippen LogP contribution in [0.4, 0.5) is 0 Å². The van der Waals surface area contributed by atoms with Crippen molar-refractivity contribution in [1.82, 2.24) is 5.32 Å². The van der Waals surface area contributed by atoms with Crippen LogP contribution in [0.25, 0.3) is 22.3 Å². The van der Waals surface area contributed by atoms with Crippen molar-refractivity contribution in [3.8, 4) is 22.3 Å². The molecule has 3 aromatic carbocycles. The Labute approximate surface area is 201 Å². The van der Waals surface area contributed by atoms with Crippen LogP contribution in [-0.4, -0.2) is 17.9 Å². The molecule has 3 aromatic rings. The van der Waals surface area contributed by atoms with E-state index in [1.807, 2.05) is 0 Å². The average molecular weight is 441 g/mol. The van der Waals surface area contributed by atoms with Crippen LogP contribution < -0.4 is 5.32 Å². The van der Waals surface area contributed by atoms with Gasteiger partial charge in [0.05, 0.1) is 0 Å². The summed E-state index contributed by atoms with van der Waals surface area (Å²) >= 11 is 0. The number of aryl methyl sites for hydroxylation is 6. The van der Waals surface area contributed by atoms with Crippen LogP contribution in [0.15, 0.2) is 47.5 Å². The third-order valence-electron chi connectivity index (χ3n) is 6.01. The molecule has 0 atom stereocenters. The Morgan fingerprint density at radius 1 is 0.667 bits per heavy atom. The maximum Gasteiger partial charge on any atom is 0.129 e. The van der Waals surface area contributed by atoms with Gasteiger partial charge in [-0.2, -0.15) is 0 Å². The maximum atomic E-state index is 5.12. The topological polar surface area (TPSA) is 24.4 Å². The van der Waals surface area contributed by atoms with E-state index in [1.54, 1.807) is 0 Å². The number of benzene rings is 3. The third kappa shape index (κ3) is 5.38. The molecular formula is C31H40N2. The number of amidine groups is 1. The highest BCUT2D eigenvalue weighted by Gasteiger charge is 2.22. The van der Waals surface area contributed by atoms with Gasteiger partial charge >= 0.3 is 0 Å². The molecule has 0 aromatic heterocycles. The maximum absolute atomic E-state index is 5.12. The number of hydrogen-bond donors (Lipinski definition) is 1. The van der Waals surface area contributed by atoms with Gasteiger partial charge in [-0.1, -0.05) is 53.6 Å². The molecule has 0 unspecified atom stereocenters. The Balaban J connectivity index is 2.48. The van der Waals surface area contributed by atoms with Gasteiger partial charge in [0.15, 0.2) is 0 Å². The van der Waals surface area contributed by atoms with Gasteiger partial charge in [-0.3, -0.25) is 4.99 Å². The lowest BCUT2D eigenvalue weighted by Crippen LogP contribution is -2.33. The average Bonchev–Trinajstić information content (AvgIpc) is 2.65. The van der Waals surface area contributed by atoms with Gasteiger partial charge in [0, 0.05) is 17.6 Å². The van der Waals surface area contributed by atoms with Crippen LogP contribution in [-0.2, 0) is 0 Å². The van der Waals surface area contributed by atoms with Crippen molar-refractivity contribution in [2.75, 3.05) is 0 Å². The molecule has 0 amide bonds. The van der Waals surface area contributed by atoms with E-state index in [2.05, 4.69) is 117 Å². The van der Waals surface area contributed by atoms with Crippen LogP contribution >= 0.6 is 0 Å². The number of rotatable bonds is 5. The van der Waals surface area contributed by atoms with Crippen molar-refractivity contribution < 1.29 is 0 Å². The lowest BCUT2D eigenvalue weighted by Gasteiger charge is -2.24. The van der Waals surface area contributed by atoms with Crippen molar-refractivity contribution in [3.05, 3.63) is 81.4 Å². The molecule has 0 saturated carbocycles. The molecule has 0 heterocycles. The largest absolute Gasteiger partial charge is 0.368 e. The van der Waals surface area contributed by atoms with E-state index >= 15 is 0 Å². The number of hydrogen-bond acceptors (Lipinski definition) is 1. The Morgan fingerprint density at radius 2 is 1.06 bits per heavy atom. The van der Waals surface area contributed by atoms with E-state index in [-0.39, 0.29) is 12.1 Å². The summed E-state index contributed by atoms with van der Waals surface area (Å²) < 4.78 is 0. The van der Waals surface area contributed by atoms with E-state index in [1.165, 1.54) is 61.2 Å². The van der Waals surface area contributed by atoms with E-state index in [4.69, 9.17) is 4.99 Å². The second-order valence-corrected chi connectivity index (χ2v) is 10.1. The molecule has 0 spiro atoms. The monoisotopic (exact) mass is 440 g/mol. The van der Waals surface area contributed by atoms with Gasteiger partial charge in [-0.05, 0) is 114 Å². The number of aliphatic imine (C=N–C) groups is 1. The molecule has 0 bridgehead atoms. The molecule has 33 heavy (non-hydrogen) atoms. The fraction of sp³-hybridized carbons (Fsp3) is 0.387. The lowest BCUT2D eigenvalue weighted by atomic mass is 9.84. The minimum Gasteiger partial charge on any atom is -0.368 e. The highest BCUT2D eigenvalue weighted by molar-refractivity contribution is 6.11. The third-order valence-corrected chi connectivity index (χ3v) is 6.01. The Morgan fingerprint density at radius 3 is 1.39 bits per heavy atom. The summed E-state index contributed by atoms with van der Waals surface area (Å²) in [7, 11) is 0. The van der Waals surface area contributed by atoms with Crippen molar-refractivity contribution >= 4 is 5.84 Å². The minimum atomic E-state index is 0.188. The molecule has 2 nitrogen and oxygen atoms in total. The molecule has 0 aliphatic rings. The van der Waals surface area contributed by atoms with Crippen LogP contribution in [0.5, 0.6) is 0 Å². The fourth-order valence-corrected chi connectivity index (χ4v) is 5.14. The molecule has 0 aliphatic carbocycles.